The van der Waals surface area contributed by atoms with E-state index in [0.29, 0.717) is 24.6 Å². The van der Waals surface area contributed by atoms with Crippen molar-refractivity contribution in [2.75, 3.05) is 42.5 Å². The Bertz CT molecular complexity index is 1450. The van der Waals surface area contributed by atoms with Gasteiger partial charge in [-0.25, -0.2) is 16.8 Å². The maximum Gasteiger partial charge on any atom is 0.264 e. The lowest BCUT2D eigenvalue weighted by atomic mass is 10.2. The predicted molar refractivity (Wildman–Crippen MR) is 145 cm³/mol. The molecule has 0 radical (unpaired) electrons. The summed E-state index contributed by atoms with van der Waals surface area (Å²) in [5, 5.41) is 2.66. The second-order valence-electron chi connectivity index (χ2n) is 8.39. The van der Waals surface area contributed by atoms with Crippen LogP contribution in [-0.4, -0.2) is 59.9 Å². The van der Waals surface area contributed by atoms with E-state index < -0.39 is 32.5 Å². The molecule has 1 aliphatic rings. The molecule has 0 atom stereocenters. The van der Waals surface area contributed by atoms with Crippen molar-refractivity contribution >= 4 is 53.3 Å². The molecule has 0 aliphatic carbocycles. The third kappa shape index (κ3) is 6.39. The van der Waals surface area contributed by atoms with E-state index in [2.05, 4.69) is 21.2 Å². The van der Waals surface area contributed by atoms with Crippen LogP contribution in [0.15, 0.2) is 87.1 Å². The summed E-state index contributed by atoms with van der Waals surface area (Å²) in [4.78, 5) is 13.1. The Kier molecular flexibility index (Phi) is 8.34. The molecule has 9 nitrogen and oxygen atoms in total. The minimum absolute atomic E-state index is 0.0616. The lowest BCUT2D eigenvalue weighted by Gasteiger charge is -2.26. The van der Waals surface area contributed by atoms with E-state index in [1.54, 1.807) is 36.4 Å². The number of ether oxygens (including phenoxy) is 1. The molecule has 1 heterocycles. The van der Waals surface area contributed by atoms with Crippen molar-refractivity contribution in [2.24, 2.45) is 0 Å². The Labute approximate surface area is 225 Å². The lowest BCUT2D eigenvalue weighted by molar-refractivity contribution is -0.114. The summed E-state index contributed by atoms with van der Waals surface area (Å²) in [7, 11) is -7.72. The van der Waals surface area contributed by atoms with Crippen LogP contribution in [-0.2, 0) is 29.6 Å². The van der Waals surface area contributed by atoms with Crippen LogP contribution in [0.4, 0.5) is 11.4 Å². The molecule has 1 amide bonds. The second-order valence-corrected chi connectivity index (χ2v) is 13.1. The van der Waals surface area contributed by atoms with Crippen LogP contribution in [0.25, 0.3) is 0 Å². The van der Waals surface area contributed by atoms with Crippen LogP contribution in [0.3, 0.4) is 0 Å². The molecule has 0 bridgehead atoms. The molecule has 0 unspecified atom stereocenters. The number of amides is 1. The molecule has 3 aromatic rings. The van der Waals surface area contributed by atoms with Gasteiger partial charge in [-0.05, 0) is 67.6 Å². The molecule has 196 valence electrons. The highest BCUT2D eigenvalue weighted by atomic mass is 79.9. The number of nitrogens with one attached hydrogen (secondary N) is 1. The minimum atomic E-state index is -4.05. The molecule has 12 heteroatoms. The van der Waals surface area contributed by atoms with Crippen molar-refractivity contribution in [1.82, 2.24) is 4.31 Å². The zero-order valence-corrected chi connectivity index (χ0v) is 23.2. The van der Waals surface area contributed by atoms with E-state index in [0.717, 1.165) is 14.3 Å². The monoisotopic (exact) mass is 607 g/mol. The highest BCUT2D eigenvalue weighted by molar-refractivity contribution is 9.10. The molecular weight excluding hydrogens is 582 g/mol. The van der Waals surface area contributed by atoms with E-state index in [4.69, 9.17) is 4.74 Å². The third-order valence-electron chi connectivity index (χ3n) is 5.76. The Hall–Kier alpha value is -2.77. The van der Waals surface area contributed by atoms with Crippen LogP contribution in [0.1, 0.15) is 5.56 Å². The molecule has 1 N–H and O–H groups in total. The van der Waals surface area contributed by atoms with Gasteiger partial charge in [0, 0.05) is 23.2 Å². The first-order valence-corrected chi connectivity index (χ1v) is 15.1. The van der Waals surface area contributed by atoms with Crippen LogP contribution >= 0.6 is 15.9 Å². The molecule has 3 aromatic carbocycles. The zero-order valence-electron chi connectivity index (χ0n) is 20.0. The summed E-state index contributed by atoms with van der Waals surface area (Å²) in [5.41, 5.74) is 1.58. The normalized spacial score (nSPS) is 14.8. The summed E-state index contributed by atoms with van der Waals surface area (Å²) in [5.74, 6) is -0.581. The van der Waals surface area contributed by atoms with Gasteiger partial charge >= 0.3 is 0 Å². The standard InChI is InChI=1S/C25H26BrN3O6S2/c1-19-2-10-24(11-3-19)37(33,34)29(22-8-4-20(26)5-9-22)18-25(30)27-21-6-12-23(13-7-21)36(31,32)28-14-16-35-17-15-28/h2-13H,14-18H2,1H3,(H,27,30). The Morgan fingerprint density at radius 3 is 2.05 bits per heavy atom. The summed E-state index contributed by atoms with van der Waals surface area (Å²) in [6.07, 6.45) is 0. The summed E-state index contributed by atoms with van der Waals surface area (Å²) < 4.78 is 61.0. The summed E-state index contributed by atoms with van der Waals surface area (Å²) >= 11 is 3.34. The van der Waals surface area contributed by atoms with Gasteiger partial charge in [-0.3, -0.25) is 9.10 Å². The Balaban J connectivity index is 1.53. The molecule has 0 spiro atoms. The lowest BCUT2D eigenvalue weighted by Crippen LogP contribution is -2.40. The maximum absolute atomic E-state index is 13.5. The average Bonchev–Trinajstić information content (AvgIpc) is 2.89. The van der Waals surface area contributed by atoms with E-state index in [9.17, 15) is 21.6 Å². The number of rotatable bonds is 8. The van der Waals surface area contributed by atoms with Crippen LogP contribution in [0.5, 0.6) is 0 Å². The number of halogens is 1. The molecule has 4 rings (SSSR count). The number of hydrogen-bond acceptors (Lipinski definition) is 6. The smallest absolute Gasteiger partial charge is 0.264 e. The highest BCUT2D eigenvalue weighted by Crippen LogP contribution is 2.26. The first-order valence-electron chi connectivity index (χ1n) is 11.4. The number of benzene rings is 3. The van der Waals surface area contributed by atoms with Gasteiger partial charge in [0.15, 0.2) is 0 Å². The average molecular weight is 609 g/mol. The molecular formula is C25H26BrN3O6S2. The maximum atomic E-state index is 13.5. The highest BCUT2D eigenvalue weighted by Gasteiger charge is 2.28. The molecule has 37 heavy (non-hydrogen) atoms. The number of sulfonamides is 2. The van der Waals surface area contributed by atoms with Crippen molar-refractivity contribution in [3.63, 3.8) is 0 Å². The first-order chi connectivity index (χ1) is 17.6. The number of carbonyl (C=O) groups is 1. The fraction of sp³-hybridized carbons (Fsp3) is 0.240. The van der Waals surface area contributed by atoms with Crippen LogP contribution in [0, 0.1) is 6.92 Å². The number of anilines is 2. The molecule has 0 saturated carbocycles. The SMILES string of the molecule is Cc1ccc(S(=O)(=O)N(CC(=O)Nc2ccc(S(=O)(=O)N3CCOCC3)cc2)c2ccc(Br)cc2)cc1. The van der Waals surface area contributed by atoms with Crippen molar-refractivity contribution < 1.29 is 26.4 Å². The topological polar surface area (TPSA) is 113 Å². The van der Waals surface area contributed by atoms with Gasteiger partial charge in [0.1, 0.15) is 6.54 Å². The second kappa shape index (κ2) is 11.3. The molecule has 1 aliphatic heterocycles. The molecule has 0 aromatic heterocycles. The predicted octanol–water partition coefficient (Wildman–Crippen LogP) is 3.61. The fourth-order valence-corrected chi connectivity index (χ4v) is 6.83. The molecule has 1 fully saturated rings. The van der Waals surface area contributed by atoms with E-state index in [1.165, 1.54) is 40.7 Å². The minimum Gasteiger partial charge on any atom is -0.379 e. The van der Waals surface area contributed by atoms with Gasteiger partial charge in [0.05, 0.1) is 28.7 Å². The fourth-order valence-electron chi connectivity index (χ4n) is 3.74. The number of carbonyl (C=O) groups excluding carboxylic acids is 1. The first kappa shape index (κ1) is 27.3. The van der Waals surface area contributed by atoms with Gasteiger partial charge in [0.2, 0.25) is 15.9 Å². The quantitative estimate of drug-likeness (QED) is 0.418. The van der Waals surface area contributed by atoms with Crippen molar-refractivity contribution in [3.05, 3.63) is 82.8 Å². The van der Waals surface area contributed by atoms with Crippen molar-refractivity contribution in [1.29, 1.82) is 0 Å². The molecule has 1 saturated heterocycles. The van der Waals surface area contributed by atoms with Gasteiger partial charge in [0.25, 0.3) is 10.0 Å². The number of morpholine rings is 1. The van der Waals surface area contributed by atoms with Crippen molar-refractivity contribution in [2.45, 2.75) is 16.7 Å². The van der Waals surface area contributed by atoms with Crippen LogP contribution < -0.4 is 9.62 Å². The van der Waals surface area contributed by atoms with Gasteiger partial charge < -0.3 is 10.1 Å². The van der Waals surface area contributed by atoms with E-state index in [-0.39, 0.29) is 22.9 Å². The van der Waals surface area contributed by atoms with Crippen LogP contribution in [0.2, 0.25) is 0 Å². The van der Waals surface area contributed by atoms with Gasteiger partial charge in [-0.1, -0.05) is 33.6 Å². The largest absolute Gasteiger partial charge is 0.379 e. The van der Waals surface area contributed by atoms with E-state index in [1.807, 2.05) is 6.92 Å². The summed E-state index contributed by atoms with van der Waals surface area (Å²) in [6, 6.07) is 18.8. The van der Waals surface area contributed by atoms with Gasteiger partial charge in [-0.15, -0.1) is 0 Å². The number of nitrogens with zero attached hydrogens (tertiary/aromatic N) is 2. The Morgan fingerprint density at radius 2 is 1.46 bits per heavy atom. The Morgan fingerprint density at radius 1 is 0.892 bits per heavy atom. The van der Waals surface area contributed by atoms with Gasteiger partial charge in [-0.2, -0.15) is 4.31 Å². The van der Waals surface area contributed by atoms with E-state index >= 15 is 0 Å². The number of hydrogen-bond donors (Lipinski definition) is 1. The zero-order chi connectivity index (χ0) is 26.6. The summed E-state index contributed by atoms with van der Waals surface area (Å²) in [6.45, 7) is 2.62. The van der Waals surface area contributed by atoms with Crippen molar-refractivity contribution in [3.8, 4) is 0 Å². The third-order valence-corrected chi connectivity index (χ3v) is 9.99. The number of aryl methyl sites for hydroxylation is 1.